The molecule has 0 radical (unpaired) electrons. The van der Waals surface area contributed by atoms with Gasteiger partial charge in [-0.15, -0.1) is 0 Å². The molecule has 4 rings (SSSR count). The number of benzene rings is 2. The van der Waals surface area contributed by atoms with Crippen LogP contribution in [0.25, 0.3) is 22.4 Å². The smallest absolute Gasteiger partial charge is 0.177 e. The summed E-state index contributed by atoms with van der Waals surface area (Å²) in [6, 6.07) is 15.2. The Morgan fingerprint density at radius 3 is 2.53 bits per heavy atom. The first-order valence-corrected chi connectivity index (χ1v) is 10.5. The molecule has 0 unspecified atom stereocenters. The fraction of sp³-hybridized carbons (Fsp3) is 0.292. The number of fused-ring (bicyclic) bond motifs is 1. The van der Waals surface area contributed by atoms with Gasteiger partial charge in [0, 0.05) is 24.4 Å². The SMILES string of the molecule is CC(C)OCc1nc(-c2ccc3cc(F)c(F)cc3n2)n(CCCOc2ccccc2)n1. The van der Waals surface area contributed by atoms with E-state index in [1.165, 1.54) is 0 Å². The Morgan fingerprint density at radius 1 is 0.969 bits per heavy atom. The van der Waals surface area contributed by atoms with Gasteiger partial charge in [-0.1, -0.05) is 24.3 Å². The number of hydrogen-bond donors (Lipinski definition) is 0. The van der Waals surface area contributed by atoms with Crippen LogP contribution in [0.2, 0.25) is 0 Å². The van der Waals surface area contributed by atoms with Crippen molar-refractivity contribution < 1.29 is 18.3 Å². The van der Waals surface area contributed by atoms with Gasteiger partial charge in [0.1, 0.15) is 18.1 Å². The highest BCUT2D eigenvalue weighted by molar-refractivity contribution is 5.81. The number of para-hydroxylation sites is 1. The number of pyridine rings is 1. The van der Waals surface area contributed by atoms with Crippen LogP contribution in [0.4, 0.5) is 8.78 Å². The molecule has 0 saturated carbocycles. The lowest BCUT2D eigenvalue weighted by Gasteiger charge is -2.08. The van der Waals surface area contributed by atoms with E-state index in [4.69, 9.17) is 9.47 Å². The number of aryl methyl sites for hydroxylation is 1. The molecule has 0 N–H and O–H groups in total. The first-order chi connectivity index (χ1) is 15.5. The summed E-state index contributed by atoms with van der Waals surface area (Å²) in [6.07, 6.45) is 0.740. The van der Waals surface area contributed by atoms with Crippen LogP contribution in [0.15, 0.2) is 54.6 Å². The fourth-order valence-corrected chi connectivity index (χ4v) is 3.20. The predicted octanol–water partition coefficient (Wildman–Crippen LogP) is 5.17. The quantitative estimate of drug-likeness (QED) is 0.338. The summed E-state index contributed by atoms with van der Waals surface area (Å²) in [5.41, 5.74) is 0.874. The first-order valence-electron chi connectivity index (χ1n) is 10.5. The summed E-state index contributed by atoms with van der Waals surface area (Å²) in [7, 11) is 0. The number of halogens is 2. The molecule has 0 aliphatic rings. The average Bonchev–Trinajstić information content (AvgIpc) is 3.19. The van der Waals surface area contributed by atoms with Crippen LogP contribution < -0.4 is 4.74 Å². The molecule has 0 saturated heterocycles. The molecule has 0 atom stereocenters. The molecule has 8 heteroatoms. The van der Waals surface area contributed by atoms with Gasteiger partial charge in [0.25, 0.3) is 0 Å². The summed E-state index contributed by atoms with van der Waals surface area (Å²) in [5, 5.41) is 5.08. The van der Waals surface area contributed by atoms with Gasteiger partial charge in [-0.25, -0.2) is 23.4 Å². The highest BCUT2D eigenvalue weighted by Gasteiger charge is 2.15. The molecule has 2 aromatic carbocycles. The van der Waals surface area contributed by atoms with E-state index in [2.05, 4.69) is 15.1 Å². The largest absolute Gasteiger partial charge is 0.494 e. The third-order valence-corrected chi connectivity index (χ3v) is 4.75. The Kier molecular flexibility index (Phi) is 6.70. The van der Waals surface area contributed by atoms with Crippen molar-refractivity contribution in [2.24, 2.45) is 0 Å². The highest BCUT2D eigenvalue weighted by atomic mass is 19.2. The minimum absolute atomic E-state index is 0.0429. The molecule has 0 aliphatic carbocycles. The minimum Gasteiger partial charge on any atom is -0.494 e. The van der Waals surface area contributed by atoms with Gasteiger partial charge < -0.3 is 9.47 Å². The van der Waals surface area contributed by atoms with E-state index in [1.54, 1.807) is 16.8 Å². The van der Waals surface area contributed by atoms with Crippen LogP contribution in [-0.2, 0) is 17.9 Å². The van der Waals surface area contributed by atoms with Crippen molar-refractivity contribution in [3.05, 3.63) is 72.1 Å². The number of aromatic nitrogens is 4. The van der Waals surface area contributed by atoms with Gasteiger partial charge in [0.05, 0.1) is 18.2 Å². The zero-order valence-electron chi connectivity index (χ0n) is 18.0. The Morgan fingerprint density at radius 2 is 1.75 bits per heavy atom. The van der Waals surface area contributed by atoms with Gasteiger partial charge in [-0.3, -0.25) is 0 Å². The second-order valence-electron chi connectivity index (χ2n) is 7.61. The Bertz CT molecular complexity index is 1200. The third-order valence-electron chi connectivity index (χ3n) is 4.75. The maximum Gasteiger partial charge on any atom is 0.177 e. The molecule has 2 aromatic heterocycles. The number of nitrogens with zero attached hydrogens (tertiary/aromatic N) is 4. The van der Waals surface area contributed by atoms with E-state index >= 15 is 0 Å². The standard InChI is InChI=1S/C24H24F2N4O2/c1-16(2)32-15-23-28-24(21-10-9-17-13-19(25)20(26)14-22(17)27-21)30(29-23)11-6-12-31-18-7-4-3-5-8-18/h3-5,7-10,13-14,16H,6,11-12,15H2,1-2H3. The van der Waals surface area contributed by atoms with Crippen LogP contribution >= 0.6 is 0 Å². The molecule has 2 heterocycles. The molecule has 0 spiro atoms. The molecule has 6 nitrogen and oxygen atoms in total. The van der Waals surface area contributed by atoms with Gasteiger partial charge in [0.2, 0.25) is 0 Å². The lowest BCUT2D eigenvalue weighted by Crippen LogP contribution is -2.08. The zero-order valence-corrected chi connectivity index (χ0v) is 18.0. The second-order valence-corrected chi connectivity index (χ2v) is 7.61. The van der Waals surface area contributed by atoms with E-state index in [-0.39, 0.29) is 12.7 Å². The normalized spacial score (nSPS) is 11.4. The highest BCUT2D eigenvalue weighted by Crippen LogP contribution is 2.23. The minimum atomic E-state index is -0.937. The van der Waals surface area contributed by atoms with Crippen molar-refractivity contribution in [3.8, 4) is 17.3 Å². The van der Waals surface area contributed by atoms with E-state index in [0.29, 0.717) is 47.8 Å². The summed E-state index contributed by atoms with van der Waals surface area (Å²) in [6.45, 7) is 5.21. The van der Waals surface area contributed by atoms with Crippen molar-refractivity contribution in [1.82, 2.24) is 19.7 Å². The monoisotopic (exact) mass is 438 g/mol. The number of rotatable bonds is 9. The predicted molar refractivity (Wildman–Crippen MR) is 117 cm³/mol. The van der Waals surface area contributed by atoms with Crippen LogP contribution in [0.1, 0.15) is 26.1 Å². The molecule has 166 valence electrons. The second kappa shape index (κ2) is 9.82. The van der Waals surface area contributed by atoms with Crippen molar-refractivity contribution in [1.29, 1.82) is 0 Å². The van der Waals surface area contributed by atoms with Crippen LogP contribution in [0.3, 0.4) is 0 Å². The summed E-state index contributed by atoms with van der Waals surface area (Å²) < 4.78 is 40.4. The van der Waals surface area contributed by atoms with Gasteiger partial charge in [-0.2, -0.15) is 5.10 Å². The lowest BCUT2D eigenvalue weighted by atomic mass is 10.2. The lowest BCUT2D eigenvalue weighted by molar-refractivity contribution is 0.0612. The molecule has 4 aromatic rings. The molecular formula is C24H24F2N4O2. The van der Waals surface area contributed by atoms with E-state index in [9.17, 15) is 8.78 Å². The third kappa shape index (κ3) is 5.26. The Balaban J connectivity index is 1.56. The topological polar surface area (TPSA) is 62.1 Å². The van der Waals surface area contributed by atoms with Crippen molar-refractivity contribution in [2.75, 3.05) is 6.61 Å². The molecule has 0 bridgehead atoms. The summed E-state index contributed by atoms with van der Waals surface area (Å²) in [5.74, 6) is 0.0424. The van der Waals surface area contributed by atoms with E-state index < -0.39 is 11.6 Å². The zero-order chi connectivity index (χ0) is 22.5. The summed E-state index contributed by atoms with van der Waals surface area (Å²) >= 11 is 0. The van der Waals surface area contributed by atoms with Crippen molar-refractivity contribution >= 4 is 10.9 Å². The summed E-state index contributed by atoms with van der Waals surface area (Å²) in [4.78, 5) is 9.08. The maximum absolute atomic E-state index is 13.7. The Hall–Kier alpha value is -3.39. The van der Waals surface area contributed by atoms with Crippen LogP contribution in [-0.4, -0.2) is 32.5 Å². The first kappa shape index (κ1) is 21.8. The van der Waals surface area contributed by atoms with Crippen LogP contribution in [0, 0.1) is 11.6 Å². The fourth-order valence-electron chi connectivity index (χ4n) is 3.20. The van der Waals surface area contributed by atoms with E-state index in [0.717, 1.165) is 17.9 Å². The molecule has 0 amide bonds. The van der Waals surface area contributed by atoms with Gasteiger partial charge in [-0.05, 0) is 38.1 Å². The molecule has 0 fully saturated rings. The number of ether oxygens (including phenoxy) is 2. The Labute approximate surface area is 184 Å². The van der Waals surface area contributed by atoms with E-state index in [1.807, 2.05) is 44.2 Å². The number of hydrogen-bond acceptors (Lipinski definition) is 5. The van der Waals surface area contributed by atoms with Crippen molar-refractivity contribution in [2.45, 2.75) is 39.5 Å². The molecule has 0 aliphatic heterocycles. The maximum atomic E-state index is 13.7. The van der Waals surface area contributed by atoms with Crippen LogP contribution in [0.5, 0.6) is 5.75 Å². The van der Waals surface area contributed by atoms with Crippen molar-refractivity contribution in [3.63, 3.8) is 0 Å². The van der Waals surface area contributed by atoms with Gasteiger partial charge in [0.15, 0.2) is 23.3 Å². The average molecular weight is 438 g/mol. The van der Waals surface area contributed by atoms with Gasteiger partial charge >= 0.3 is 0 Å². The molecule has 32 heavy (non-hydrogen) atoms. The molecular weight excluding hydrogens is 414 g/mol.